The lowest BCUT2D eigenvalue weighted by Gasteiger charge is -2.20. The van der Waals surface area contributed by atoms with Gasteiger partial charge in [-0.1, -0.05) is 6.08 Å². The highest BCUT2D eigenvalue weighted by Crippen LogP contribution is 2.18. The van der Waals surface area contributed by atoms with Crippen LogP contribution in [0.2, 0.25) is 0 Å². The molecule has 0 bridgehead atoms. The standard InChI is InChI=1S/C16H22N2O4S/c1-3-10-18(23(2,20)21)14-8-6-13(7-9-14)16(19)17-12-15-5-4-11-22-15/h3,6-9,15H,1,4-5,10-12H2,2H3,(H,17,19)/t15-/m0/s1. The zero-order valence-electron chi connectivity index (χ0n) is 13.2. The fraction of sp³-hybridized carbons (Fsp3) is 0.438. The van der Waals surface area contributed by atoms with Crippen LogP contribution in [0, 0.1) is 0 Å². The molecule has 6 nitrogen and oxygen atoms in total. The molecule has 7 heteroatoms. The maximum atomic E-state index is 12.1. The molecule has 0 radical (unpaired) electrons. The fourth-order valence-electron chi connectivity index (χ4n) is 2.44. The molecule has 1 saturated heterocycles. The highest BCUT2D eigenvalue weighted by Gasteiger charge is 2.18. The van der Waals surface area contributed by atoms with E-state index in [0.717, 1.165) is 25.7 Å². The van der Waals surface area contributed by atoms with E-state index in [1.54, 1.807) is 24.3 Å². The molecule has 1 amide bonds. The lowest BCUT2D eigenvalue weighted by Crippen LogP contribution is -2.32. The quantitative estimate of drug-likeness (QED) is 0.765. The summed E-state index contributed by atoms with van der Waals surface area (Å²) in [5.74, 6) is -0.193. The third kappa shape index (κ3) is 4.80. The molecule has 0 spiro atoms. The summed E-state index contributed by atoms with van der Waals surface area (Å²) in [6, 6.07) is 6.46. The third-order valence-corrected chi connectivity index (χ3v) is 4.79. The Morgan fingerprint density at radius 2 is 2.13 bits per heavy atom. The van der Waals surface area contributed by atoms with Crippen molar-refractivity contribution in [2.24, 2.45) is 0 Å². The van der Waals surface area contributed by atoms with Crippen LogP contribution in [-0.2, 0) is 14.8 Å². The first-order chi connectivity index (χ1) is 10.9. The molecule has 2 rings (SSSR count). The van der Waals surface area contributed by atoms with Gasteiger partial charge in [-0.3, -0.25) is 9.10 Å². The number of nitrogens with zero attached hydrogens (tertiary/aromatic N) is 1. The molecule has 23 heavy (non-hydrogen) atoms. The maximum Gasteiger partial charge on any atom is 0.251 e. The van der Waals surface area contributed by atoms with Gasteiger partial charge in [0.1, 0.15) is 0 Å². The van der Waals surface area contributed by atoms with E-state index in [0.29, 0.717) is 17.8 Å². The Labute approximate surface area is 137 Å². The first-order valence-electron chi connectivity index (χ1n) is 7.50. The van der Waals surface area contributed by atoms with Gasteiger partial charge in [-0.25, -0.2) is 8.42 Å². The van der Waals surface area contributed by atoms with Crippen LogP contribution in [0.25, 0.3) is 0 Å². The summed E-state index contributed by atoms with van der Waals surface area (Å²) in [6.45, 7) is 4.99. The van der Waals surface area contributed by atoms with Gasteiger partial charge in [0.15, 0.2) is 0 Å². The smallest absolute Gasteiger partial charge is 0.251 e. The van der Waals surface area contributed by atoms with Crippen molar-refractivity contribution in [3.63, 3.8) is 0 Å². The largest absolute Gasteiger partial charge is 0.376 e. The van der Waals surface area contributed by atoms with E-state index in [4.69, 9.17) is 4.74 Å². The Bertz CT molecular complexity index is 649. The Morgan fingerprint density at radius 3 is 2.65 bits per heavy atom. The summed E-state index contributed by atoms with van der Waals surface area (Å²) in [4.78, 5) is 12.1. The van der Waals surface area contributed by atoms with Crippen molar-refractivity contribution in [1.29, 1.82) is 0 Å². The van der Waals surface area contributed by atoms with E-state index >= 15 is 0 Å². The van der Waals surface area contributed by atoms with Gasteiger partial charge in [0.05, 0.1) is 24.6 Å². The third-order valence-electron chi connectivity index (χ3n) is 3.63. The summed E-state index contributed by atoms with van der Waals surface area (Å²) in [7, 11) is -3.39. The van der Waals surface area contributed by atoms with E-state index in [1.807, 2.05) is 0 Å². The molecule has 1 aromatic rings. The van der Waals surface area contributed by atoms with Crippen LogP contribution in [0.15, 0.2) is 36.9 Å². The van der Waals surface area contributed by atoms with Crippen LogP contribution in [0.5, 0.6) is 0 Å². The summed E-state index contributed by atoms with van der Waals surface area (Å²) in [6.07, 6.45) is 4.73. The van der Waals surface area contributed by atoms with Crippen molar-refractivity contribution >= 4 is 21.6 Å². The topological polar surface area (TPSA) is 75.7 Å². The second-order valence-corrected chi connectivity index (χ2v) is 7.38. The van der Waals surface area contributed by atoms with Gasteiger partial charge in [-0.05, 0) is 37.1 Å². The van der Waals surface area contributed by atoms with Gasteiger partial charge >= 0.3 is 0 Å². The molecule has 1 fully saturated rings. The number of ether oxygens (including phenoxy) is 1. The van der Waals surface area contributed by atoms with Gasteiger partial charge in [0.25, 0.3) is 5.91 Å². The number of benzene rings is 1. The maximum absolute atomic E-state index is 12.1. The summed E-state index contributed by atoms with van der Waals surface area (Å²) < 4.78 is 30.2. The molecule has 1 atom stereocenters. The van der Waals surface area contributed by atoms with Crippen molar-refractivity contribution in [2.45, 2.75) is 18.9 Å². The van der Waals surface area contributed by atoms with Crippen LogP contribution in [-0.4, -0.2) is 46.4 Å². The first-order valence-corrected chi connectivity index (χ1v) is 9.35. The van der Waals surface area contributed by atoms with Crippen LogP contribution in [0.3, 0.4) is 0 Å². The molecule has 1 heterocycles. The molecular weight excluding hydrogens is 316 g/mol. The van der Waals surface area contributed by atoms with Crippen molar-refractivity contribution in [3.05, 3.63) is 42.5 Å². The predicted octanol–water partition coefficient (Wildman–Crippen LogP) is 1.55. The minimum Gasteiger partial charge on any atom is -0.376 e. The van der Waals surface area contributed by atoms with Crippen LogP contribution in [0.4, 0.5) is 5.69 Å². The number of anilines is 1. The number of amides is 1. The Balaban J connectivity index is 2.02. The van der Waals surface area contributed by atoms with Gasteiger partial charge in [0, 0.05) is 18.7 Å². The number of sulfonamides is 1. The van der Waals surface area contributed by atoms with E-state index < -0.39 is 10.0 Å². The minimum atomic E-state index is -3.39. The molecule has 1 N–H and O–H groups in total. The van der Waals surface area contributed by atoms with Crippen molar-refractivity contribution in [1.82, 2.24) is 5.32 Å². The van der Waals surface area contributed by atoms with Gasteiger partial charge < -0.3 is 10.1 Å². The summed E-state index contributed by atoms with van der Waals surface area (Å²) in [5.41, 5.74) is 0.988. The van der Waals surface area contributed by atoms with E-state index in [2.05, 4.69) is 11.9 Å². The van der Waals surface area contributed by atoms with Gasteiger partial charge in [0.2, 0.25) is 10.0 Å². The summed E-state index contributed by atoms with van der Waals surface area (Å²) >= 11 is 0. The average Bonchev–Trinajstić information content (AvgIpc) is 3.03. The molecule has 0 unspecified atom stereocenters. The highest BCUT2D eigenvalue weighted by molar-refractivity contribution is 7.92. The van der Waals surface area contributed by atoms with Crippen molar-refractivity contribution in [3.8, 4) is 0 Å². The van der Waals surface area contributed by atoms with Crippen LogP contribution < -0.4 is 9.62 Å². The lowest BCUT2D eigenvalue weighted by atomic mass is 10.2. The second-order valence-electron chi connectivity index (χ2n) is 5.47. The van der Waals surface area contributed by atoms with Crippen LogP contribution >= 0.6 is 0 Å². The van der Waals surface area contributed by atoms with E-state index in [-0.39, 0.29) is 18.6 Å². The number of carbonyl (C=O) groups excluding carboxylic acids is 1. The molecule has 126 valence electrons. The number of carbonyl (C=O) groups is 1. The molecular formula is C16H22N2O4S. The van der Waals surface area contributed by atoms with E-state index in [9.17, 15) is 13.2 Å². The molecule has 0 aliphatic carbocycles. The summed E-state index contributed by atoms with van der Waals surface area (Å²) in [5, 5.41) is 2.83. The average molecular weight is 338 g/mol. The number of rotatable bonds is 7. The normalized spacial score (nSPS) is 17.7. The Hall–Kier alpha value is -1.86. The number of nitrogens with one attached hydrogen (secondary N) is 1. The second kappa shape index (κ2) is 7.61. The highest BCUT2D eigenvalue weighted by atomic mass is 32.2. The van der Waals surface area contributed by atoms with Crippen molar-refractivity contribution < 1.29 is 17.9 Å². The van der Waals surface area contributed by atoms with Gasteiger partial charge in [-0.2, -0.15) is 0 Å². The molecule has 1 aromatic carbocycles. The predicted molar refractivity (Wildman–Crippen MR) is 90.1 cm³/mol. The van der Waals surface area contributed by atoms with E-state index in [1.165, 1.54) is 10.4 Å². The molecule has 1 aliphatic rings. The van der Waals surface area contributed by atoms with Gasteiger partial charge in [-0.15, -0.1) is 6.58 Å². The first kappa shape index (κ1) is 17.5. The zero-order chi connectivity index (χ0) is 16.9. The molecule has 0 saturated carbocycles. The zero-order valence-corrected chi connectivity index (χ0v) is 14.0. The number of hydrogen-bond donors (Lipinski definition) is 1. The lowest BCUT2D eigenvalue weighted by molar-refractivity contribution is 0.0858. The van der Waals surface area contributed by atoms with Crippen molar-refractivity contribution in [2.75, 3.05) is 30.3 Å². The monoisotopic (exact) mass is 338 g/mol. The minimum absolute atomic E-state index is 0.0894. The number of hydrogen-bond acceptors (Lipinski definition) is 4. The SMILES string of the molecule is C=CCN(c1ccc(C(=O)NC[C@@H]2CCCO2)cc1)S(C)(=O)=O. The Morgan fingerprint density at radius 1 is 1.43 bits per heavy atom. The van der Waals surface area contributed by atoms with Crippen LogP contribution in [0.1, 0.15) is 23.2 Å². The molecule has 1 aliphatic heterocycles. The molecule has 0 aromatic heterocycles. The Kier molecular flexibility index (Phi) is 5.79. The fourth-order valence-corrected chi connectivity index (χ4v) is 3.32.